The highest BCUT2D eigenvalue weighted by atomic mass is 16.5. The van der Waals surface area contributed by atoms with Gasteiger partial charge in [0.15, 0.2) is 5.78 Å². The summed E-state index contributed by atoms with van der Waals surface area (Å²) in [6.07, 6.45) is 5.50. The van der Waals surface area contributed by atoms with Crippen molar-refractivity contribution in [3.8, 4) is 5.75 Å². The van der Waals surface area contributed by atoms with Crippen LogP contribution in [0.1, 0.15) is 63.2 Å². The minimum Gasteiger partial charge on any atom is -0.490 e. The molecule has 0 saturated heterocycles. The van der Waals surface area contributed by atoms with Gasteiger partial charge >= 0.3 is 0 Å². The number of Topliss-reactive ketones (excluding diaryl/α,β-unsaturated/α-hetero) is 1. The van der Waals surface area contributed by atoms with Crippen LogP contribution in [0.15, 0.2) is 24.3 Å². The molecule has 0 N–H and O–H groups in total. The molecule has 2 rings (SSSR count). The zero-order chi connectivity index (χ0) is 13.9. The summed E-state index contributed by atoms with van der Waals surface area (Å²) in [6.45, 7) is 6.53. The lowest BCUT2D eigenvalue weighted by Crippen LogP contribution is -2.28. The fraction of sp³-hybridized carbons (Fsp3) is 0.588. The van der Waals surface area contributed by atoms with Crippen molar-refractivity contribution in [2.24, 2.45) is 5.41 Å². The Hall–Kier alpha value is -1.31. The van der Waals surface area contributed by atoms with Gasteiger partial charge in [-0.1, -0.05) is 32.9 Å². The first kappa shape index (κ1) is 14.1. The summed E-state index contributed by atoms with van der Waals surface area (Å²) in [7, 11) is 0. The molecule has 0 heterocycles. The van der Waals surface area contributed by atoms with Crippen LogP contribution in [-0.4, -0.2) is 11.9 Å². The summed E-state index contributed by atoms with van der Waals surface area (Å²) in [5.41, 5.74) is 1.22. The number of benzene rings is 1. The maximum absolute atomic E-state index is 11.7. The SMILES string of the molecule is CCC(=O)c1cccc(OC2CCC(C)(C)CC2)c1. The first-order valence-electron chi connectivity index (χ1n) is 7.30. The Balaban J connectivity index is 1.98. The summed E-state index contributed by atoms with van der Waals surface area (Å²) in [5, 5.41) is 0. The summed E-state index contributed by atoms with van der Waals surface area (Å²) >= 11 is 0. The monoisotopic (exact) mass is 260 g/mol. The molecule has 104 valence electrons. The van der Waals surface area contributed by atoms with E-state index < -0.39 is 0 Å². The second-order valence-corrected chi connectivity index (χ2v) is 6.29. The van der Waals surface area contributed by atoms with E-state index in [1.54, 1.807) is 0 Å². The van der Waals surface area contributed by atoms with Crippen LogP contribution in [0.25, 0.3) is 0 Å². The molecule has 0 bridgehead atoms. The number of carbonyl (C=O) groups excluding carboxylic acids is 1. The average Bonchev–Trinajstić information content (AvgIpc) is 2.41. The summed E-state index contributed by atoms with van der Waals surface area (Å²) in [4.78, 5) is 11.7. The molecule has 0 amide bonds. The second-order valence-electron chi connectivity index (χ2n) is 6.29. The number of ether oxygens (including phenoxy) is 1. The van der Waals surface area contributed by atoms with Gasteiger partial charge in [0.1, 0.15) is 5.75 Å². The van der Waals surface area contributed by atoms with Crippen LogP contribution in [0, 0.1) is 5.41 Å². The molecule has 0 spiro atoms. The standard InChI is InChI=1S/C17H24O2/c1-4-16(18)13-6-5-7-15(12-13)19-14-8-10-17(2,3)11-9-14/h5-7,12,14H,4,8-11H2,1-3H3. The second kappa shape index (κ2) is 5.77. The van der Waals surface area contributed by atoms with Crippen molar-refractivity contribution in [3.05, 3.63) is 29.8 Å². The molecule has 1 aromatic carbocycles. The number of hydrogen-bond donors (Lipinski definition) is 0. The molecule has 1 fully saturated rings. The van der Waals surface area contributed by atoms with Gasteiger partial charge in [-0.3, -0.25) is 4.79 Å². The Morgan fingerprint density at radius 2 is 2.00 bits per heavy atom. The maximum Gasteiger partial charge on any atom is 0.162 e. The summed E-state index contributed by atoms with van der Waals surface area (Å²) in [6, 6.07) is 7.60. The molecule has 1 aromatic rings. The van der Waals surface area contributed by atoms with Crippen LogP contribution in [0.4, 0.5) is 0 Å². The van der Waals surface area contributed by atoms with Gasteiger partial charge in [-0.2, -0.15) is 0 Å². The third-order valence-corrected chi connectivity index (χ3v) is 4.07. The smallest absolute Gasteiger partial charge is 0.162 e. The Labute approximate surface area is 116 Å². The molecule has 0 aliphatic heterocycles. The van der Waals surface area contributed by atoms with Crippen molar-refractivity contribution in [2.75, 3.05) is 0 Å². The van der Waals surface area contributed by atoms with E-state index >= 15 is 0 Å². The molecule has 1 aliphatic rings. The van der Waals surface area contributed by atoms with E-state index in [2.05, 4.69) is 13.8 Å². The predicted molar refractivity (Wildman–Crippen MR) is 77.7 cm³/mol. The molecular weight excluding hydrogens is 236 g/mol. The van der Waals surface area contributed by atoms with Crippen molar-refractivity contribution < 1.29 is 9.53 Å². The molecule has 0 unspecified atom stereocenters. The van der Waals surface area contributed by atoms with Crippen molar-refractivity contribution in [2.45, 2.75) is 59.0 Å². The minimum absolute atomic E-state index is 0.176. The lowest BCUT2D eigenvalue weighted by atomic mass is 9.76. The molecular formula is C17H24O2. The Kier molecular flexibility index (Phi) is 4.28. The Bertz CT molecular complexity index is 438. The minimum atomic E-state index is 0.176. The summed E-state index contributed by atoms with van der Waals surface area (Å²) < 4.78 is 6.03. The molecule has 2 heteroatoms. The lowest BCUT2D eigenvalue weighted by molar-refractivity contribution is 0.0966. The van der Waals surface area contributed by atoms with Crippen LogP contribution in [0.2, 0.25) is 0 Å². The van der Waals surface area contributed by atoms with Crippen LogP contribution >= 0.6 is 0 Å². The third-order valence-electron chi connectivity index (χ3n) is 4.07. The zero-order valence-corrected chi connectivity index (χ0v) is 12.2. The number of ketones is 1. The van der Waals surface area contributed by atoms with Crippen LogP contribution in [0.5, 0.6) is 5.75 Å². The molecule has 19 heavy (non-hydrogen) atoms. The highest BCUT2D eigenvalue weighted by Gasteiger charge is 2.27. The van der Waals surface area contributed by atoms with E-state index in [1.807, 2.05) is 31.2 Å². The van der Waals surface area contributed by atoms with E-state index in [9.17, 15) is 4.79 Å². The maximum atomic E-state index is 11.7. The Morgan fingerprint density at radius 1 is 1.32 bits per heavy atom. The Morgan fingerprint density at radius 3 is 2.63 bits per heavy atom. The van der Waals surface area contributed by atoms with Crippen LogP contribution < -0.4 is 4.74 Å². The molecule has 1 saturated carbocycles. The normalized spacial score (nSPS) is 19.1. The predicted octanol–water partition coefficient (Wildman–Crippen LogP) is 4.63. The van der Waals surface area contributed by atoms with E-state index in [-0.39, 0.29) is 5.78 Å². The van der Waals surface area contributed by atoms with Gasteiger partial charge in [0, 0.05) is 12.0 Å². The van der Waals surface area contributed by atoms with Gasteiger partial charge in [-0.05, 0) is 43.2 Å². The van der Waals surface area contributed by atoms with E-state index in [1.165, 1.54) is 12.8 Å². The number of carbonyl (C=O) groups is 1. The van der Waals surface area contributed by atoms with Crippen molar-refractivity contribution in [1.29, 1.82) is 0 Å². The van der Waals surface area contributed by atoms with Gasteiger partial charge in [0.2, 0.25) is 0 Å². The van der Waals surface area contributed by atoms with E-state index in [0.717, 1.165) is 24.2 Å². The highest BCUT2D eigenvalue weighted by Crippen LogP contribution is 2.36. The van der Waals surface area contributed by atoms with Gasteiger partial charge in [-0.15, -0.1) is 0 Å². The molecule has 2 nitrogen and oxygen atoms in total. The van der Waals surface area contributed by atoms with E-state index in [0.29, 0.717) is 17.9 Å². The van der Waals surface area contributed by atoms with Crippen molar-refractivity contribution in [3.63, 3.8) is 0 Å². The molecule has 0 aromatic heterocycles. The van der Waals surface area contributed by atoms with Crippen LogP contribution in [0.3, 0.4) is 0 Å². The van der Waals surface area contributed by atoms with Gasteiger partial charge in [0.25, 0.3) is 0 Å². The van der Waals surface area contributed by atoms with Gasteiger partial charge < -0.3 is 4.74 Å². The summed E-state index contributed by atoms with van der Waals surface area (Å²) in [5.74, 6) is 1.01. The van der Waals surface area contributed by atoms with E-state index in [4.69, 9.17) is 4.74 Å². The fourth-order valence-electron chi connectivity index (χ4n) is 2.63. The number of hydrogen-bond acceptors (Lipinski definition) is 2. The lowest BCUT2D eigenvalue weighted by Gasteiger charge is -2.34. The number of rotatable bonds is 4. The largest absolute Gasteiger partial charge is 0.490 e. The third kappa shape index (κ3) is 3.82. The highest BCUT2D eigenvalue weighted by molar-refractivity contribution is 5.96. The molecule has 0 atom stereocenters. The first-order valence-corrected chi connectivity index (χ1v) is 7.30. The zero-order valence-electron chi connectivity index (χ0n) is 12.2. The average molecular weight is 260 g/mol. The molecule has 1 aliphatic carbocycles. The van der Waals surface area contributed by atoms with Crippen LogP contribution in [-0.2, 0) is 0 Å². The van der Waals surface area contributed by atoms with Crippen molar-refractivity contribution in [1.82, 2.24) is 0 Å². The van der Waals surface area contributed by atoms with Gasteiger partial charge in [0.05, 0.1) is 6.10 Å². The first-order chi connectivity index (χ1) is 9.00. The fourth-order valence-corrected chi connectivity index (χ4v) is 2.63. The molecule has 0 radical (unpaired) electrons. The quantitative estimate of drug-likeness (QED) is 0.738. The van der Waals surface area contributed by atoms with Gasteiger partial charge in [-0.25, -0.2) is 0 Å². The van der Waals surface area contributed by atoms with Crippen molar-refractivity contribution >= 4 is 5.78 Å². The topological polar surface area (TPSA) is 26.3 Å².